The average molecular weight is 268 g/mol. The quantitative estimate of drug-likeness (QED) is 0.824. The number of nitrogens with zero attached hydrogens (tertiary/aromatic N) is 4. The Bertz CT molecular complexity index is 478. The number of carbonyl (C=O) groups is 1. The van der Waals surface area contributed by atoms with Gasteiger partial charge in [-0.05, 0) is 27.7 Å². The van der Waals surface area contributed by atoms with E-state index in [1.807, 2.05) is 32.3 Å². The van der Waals surface area contributed by atoms with Crippen molar-refractivity contribution >= 4 is 6.09 Å². The molecule has 1 N–H and O–H groups in total. The smallest absolute Gasteiger partial charge is 0.410 e. The molecule has 0 fully saturated rings. The van der Waals surface area contributed by atoms with Crippen molar-refractivity contribution < 1.29 is 14.6 Å². The fourth-order valence-corrected chi connectivity index (χ4v) is 2.13. The molecule has 0 bridgehead atoms. The van der Waals surface area contributed by atoms with Gasteiger partial charge in [-0.15, -0.1) is 10.2 Å². The summed E-state index contributed by atoms with van der Waals surface area (Å²) in [5.41, 5.74) is -0.516. The van der Waals surface area contributed by atoms with Crippen LogP contribution < -0.4 is 0 Å². The molecule has 7 nitrogen and oxygen atoms in total. The number of hydrogen-bond donors (Lipinski definition) is 1. The van der Waals surface area contributed by atoms with Crippen molar-refractivity contribution in [3.63, 3.8) is 0 Å². The first kappa shape index (κ1) is 13.8. The Morgan fingerprint density at radius 1 is 1.42 bits per heavy atom. The molecule has 1 amide bonds. The van der Waals surface area contributed by atoms with E-state index in [1.165, 1.54) is 0 Å². The normalized spacial score (nSPS) is 19.2. The zero-order valence-electron chi connectivity index (χ0n) is 11.8. The maximum Gasteiger partial charge on any atom is 0.410 e. The summed E-state index contributed by atoms with van der Waals surface area (Å²) in [6.07, 6.45) is -0.347. The van der Waals surface area contributed by atoms with Gasteiger partial charge in [-0.2, -0.15) is 0 Å². The molecule has 0 spiro atoms. The van der Waals surface area contributed by atoms with Crippen LogP contribution in [0.3, 0.4) is 0 Å². The van der Waals surface area contributed by atoms with Crippen LogP contribution in [-0.4, -0.2) is 43.0 Å². The van der Waals surface area contributed by atoms with Crippen LogP contribution in [-0.2, 0) is 17.9 Å². The van der Waals surface area contributed by atoms with Gasteiger partial charge in [-0.1, -0.05) is 0 Å². The zero-order chi connectivity index (χ0) is 14.2. The van der Waals surface area contributed by atoms with Gasteiger partial charge >= 0.3 is 6.09 Å². The summed E-state index contributed by atoms with van der Waals surface area (Å²) >= 11 is 0. The van der Waals surface area contributed by atoms with Gasteiger partial charge in [0.05, 0.1) is 6.04 Å². The van der Waals surface area contributed by atoms with Crippen molar-refractivity contribution in [3.05, 3.63) is 11.6 Å². The van der Waals surface area contributed by atoms with E-state index < -0.39 is 5.60 Å². The predicted molar refractivity (Wildman–Crippen MR) is 67.3 cm³/mol. The lowest BCUT2D eigenvalue weighted by atomic mass is 10.2. The lowest BCUT2D eigenvalue weighted by Crippen LogP contribution is -2.44. The van der Waals surface area contributed by atoms with Gasteiger partial charge in [0.25, 0.3) is 0 Å². The van der Waals surface area contributed by atoms with Crippen molar-refractivity contribution in [2.75, 3.05) is 6.54 Å². The van der Waals surface area contributed by atoms with E-state index in [1.54, 1.807) is 4.90 Å². The van der Waals surface area contributed by atoms with E-state index in [0.717, 1.165) is 0 Å². The fourth-order valence-electron chi connectivity index (χ4n) is 2.13. The minimum atomic E-state index is -0.516. The second-order valence-electron chi connectivity index (χ2n) is 5.63. The molecule has 0 saturated carbocycles. The van der Waals surface area contributed by atoms with Gasteiger partial charge in [-0.25, -0.2) is 4.79 Å². The van der Waals surface area contributed by atoms with Gasteiger partial charge in [0.15, 0.2) is 11.6 Å². The second kappa shape index (κ2) is 4.80. The van der Waals surface area contributed by atoms with E-state index >= 15 is 0 Å². The van der Waals surface area contributed by atoms with Crippen LogP contribution in [0.4, 0.5) is 4.79 Å². The Hall–Kier alpha value is -1.63. The Labute approximate surface area is 112 Å². The Balaban J connectivity index is 2.17. The first-order chi connectivity index (χ1) is 8.83. The van der Waals surface area contributed by atoms with E-state index in [2.05, 4.69) is 10.2 Å². The highest BCUT2D eigenvalue weighted by molar-refractivity contribution is 5.68. The Kier molecular flexibility index (Phi) is 3.49. The largest absolute Gasteiger partial charge is 0.444 e. The van der Waals surface area contributed by atoms with Crippen LogP contribution in [0.15, 0.2) is 0 Å². The number of amides is 1. The summed E-state index contributed by atoms with van der Waals surface area (Å²) in [6, 6.07) is -0.212. The molecule has 2 rings (SSSR count). The van der Waals surface area contributed by atoms with Crippen LogP contribution in [0.25, 0.3) is 0 Å². The van der Waals surface area contributed by atoms with Crippen LogP contribution in [0.1, 0.15) is 45.4 Å². The third-order valence-electron chi connectivity index (χ3n) is 3.03. The van der Waals surface area contributed by atoms with Gasteiger partial charge in [-0.3, -0.25) is 4.90 Å². The van der Waals surface area contributed by atoms with E-state index in [4.69, 9.17) is 9.84 Å². The highest BCUT2D eigenvalue weighted by atomic mass is 16.6. The van der Waals surface area contributed by atoms with Crippen molar-refractivity contribution in [1.82, 2.24) is 19.7 Å². The third-order valence-corrected chi connectivity index (χ3v) is 3.03. The summed E-state index contributed by atoms with van der Waals surface area (Å²) < 4.78 is 7.23. The lowest BCUT2D eigenvalue weighted by molar-refractivity contribution is 0.0118. The van der Waals surface area contributed by atoms with Crippen molar-refractivity contribution in [2.24, 2.45) is 0 Å². The summed E-state index contributed by atoms with van der Waals surface area (Å²) in [5, 5.41) is 17.1. The van der Waals surface area contributed by atoms with E-state index in [0.29, 0.717) is 24.7 Å². The molecule has 1 aromatic heterocycles. The van der Waals surface area contributed by atoms with Crippen molar-refractivity contribution in [2.45, 2.75) is 52.5 Å². The Morgan fingerprint density at radius 3 is 2.68 bits per heavy atom. The fraction of sp³-hybridized carbons (Fsp3) is 0.750. The molecule has 0 saturated heterocycles. The maximum absolute atomic E-state index is 12.1. The minimum absolute atomic E-state index is 0.147. The Morgan fingerprint density at radius 2 is 2.11 bits per heavy atom. The number of ether oxygens (including phenoxy) is 1. The minimum Gasteiger partial charge on any atom is -0.444 e. The highest BCUT2D eigenvalue weighted by Crippen LogP contribution is 2.26. The van der Waals surface area contributed by atoms with Crippen molar-refractivity contribution in [1.29, 1.82) is 0 Å². The van der Waals surface area contributed by atoms with Gasteiger partial charge < -0.3 is 14.4 Å². The molecule has 7 heteroatoms. The SMILES string of the molecule is CC1c2nnc(CO)n2CCN1C(=O)OC(C)(C)C. The molecule has 2 heterocycles. The molecule has 1 atom stereocenters. The molecular formula is C12H20N4O3. The zero-order valence-corrected chi connectivity index (χ0v) is 11.8. The number of aliphatic hydroxyl groups excluding tert-OH is 1. The van der Waals surface area contributed by atoms with Crippen LogP contribution >= 0.6 is 0 Å². The molecule has 1 unspecified atom stereocenters. The second-order valence-corrected chi connectivity index (χ2v) is 5.63. The van der Waals surface area contributed by atoms with Gasteiger partial charge in [0.1, 0.15) is 12.2 Å². The molecule has 0 aromatic carbocycles. The molecule has 1 aliphatic rings. The number of aromatic nitrogens is 3. The monoisotopic (exact) mass is 268 g/mol. The summed E-state index contributed by atoms with van der Waals surface area (Å²) in [5.74, 6) is 1.21. The lowest BCUT2D eigenvalue weighted by Gasteiger charge is -2.34. The molecule has 0 radical (unpaired) electrons. The molecule has 1 aliphatic heterocycles. The number of rotatable bonds is 1. The van der Waals surface area contributed by atoms with Gasteiger partial charge in [0, 0.05) is 13.1 Å². The first-order valence-electron chi connectivity index (χ1n) is 6.36. The molecule has 19 heavy (non-hydrogen) atoms. The van der Waals surface area contributed by atoms with E-state index in [9.17, 15) is 4.79 Å². The number of fused-ring (bicyclic) bond motifs is 1. The molecule has 1 aromatic rings. The molecule has 106 valence electrons. The summed E-state index contributed by atoms with van der Waals surface area (Å²) in [4.78, 5) is 13.7. The van der Waals surface area contributed by atoms with Crippen LogP contribution in [0.5, 0.6) is 0 Å². The summed E-state index contributed by atoms with van der Waals surface area (Å²) in [7, 11) is 0. The predicted octanol–water partition coefficient (Wildman–Crippen LogP) is 1.08. The number of aliphatic hydroxyl groups is 1. The van der Waals surface area contributed by atoms with Crippen LogP contribution in [0, 0.1) is 0 Å². The third kappa shape index (κ3) is 2.70. The van der Waals surface area contributed by atoms with Crippen LogP contribution in [0.2, 0.25) is 0 Å². The standard InChI is InChI=1S/C12H20N4O3/c1-8-10-14-13-9(7-17)16(10)6-5-15(8)11(18)19-12(2,3)4/h8,17H,5-7H2,1-4H3. The summed E-state index contributed by atoms with van der Waals surface area (Å²) in [6.45, 7) is 8.34. The maximum atomic E-state index is 12.1. The van der Waals surface area contributed by atoms with Crippen molar-refractivity contribution in [3.8, 4) is 0 Å². The average Bonchev–Trinajstić information content (AvgIpc) is 2.70. The molecule has 0 aliphatic carbocycles. The van der Waals surface area contributed by atoms with Gasteiger partial charge in [0.2, 0.25) is 0 Å². The van der Waals surface area contributed by atoms with E-state index in [-0.39, 0.29) is 18.7 Å². The highest BCUT2D eigenvalue weighted by Gasteiger charge is 2.33. The number of hydrogen-bond acceptors (Lipinski definition) is 5. The topological polar surface area (TPSA) is 80.5 Å². The number of carbonyl (C=O) groups excluding carboxylic acids is 1. The first-order valence-corrected chi connectivity index (χ1v) is 6.36. The molecular weight excluding hydrogens is 248 g/mol.